The van der Waals surface area contributed by atoms with E-state index in [1.807, 2.05) is 12.2 Å². The molecule has 4 heteroatoms. The molecule has 0 saturated heterocycles. The van der Waals surface area contributed by atoms with Gasteiger partial charge in [0.1, 0.15) is 0 Å². The Labute approximate surface area is 126 Å². The Morgan fingerprint density at radius 2 is 2.11 bits per heavy atom. The first-order chi connectivity index (χ1) is 8.93. The van der Waals surface area contributed by atoms with Crippen LogP contribution >= 0.6 is 23.2 Å². The van der Waals surface area contributed by atoms with Crippen molar-refractivity contribution in [1.29, 1.82) is 0 Å². The van der Waals surface area contributed by atoms with Crippen LogP contribution in [0.1, 0.15) is 32.1 Å². The predicted molar refractivity (Wildman–Crippen MR) is 81.4 cm³/mol. The minimum Gasteiger partial charge on any atom is -0.389 e. The van der Waals surface area contributed by atoms with Crippen LogP contribution in [-0.4, -0.2) is 36.2 Å². The Kier molecular flexibility index (Phi) is 4.99. The van der Waals surface area contributed by atoms with Crippen LogP contribution in [0.3, 0.4) is 0 Å². The molecule has 0 aliphatic heterocycles. The Morgan fingerprint density at radius 1 is 1.37 bits per heavy atom. The van der Waals surface area contributed by atoms with Gasteiger partial charge in [0.05, 0.1) is 10.6 Å². The highest BCUT2D eigenvalue weighted by molar-refractivity contribution is 6.40. The number of hydrogen-bond acceptors (Lipinski definition) is 2. The smallest absolute Gasteiger partial charge is 0.0753 e. The Morgan fingerprint density at radius 3 is 2.74 bits per heavy atom. The molecule has 2 aliphatic rings. The van der Waals surface area contributed by atoms with Gasteiger partial charge < -0.3 is 10.0 Å². The highest BCUT2D eigenvalue weighted by Crippen LogP contribution is 2.45. The predicted octanol–water partition coefficient (Wildman–Crippen LogP) is 3.73. The van der Waals surface area contributed by atoms with E-state index < -0.39 is 5.60 Å². The third-order valence-electron chi connectivity index (χ3n) is 4.45. The third-order valence-corrected chi connectivity index (χ3v) is 5.26. The third kappa shape index (κ3) is 3.36. The van der Waals surface area contributed by atoms with Crippen molar-refractivity contribution in [1.82, 2.24) is 4.90 Å². The zero-order valence-electron chi connectivity index (χ0n) is 11.7. The van der Waals surface area contributed by atoms with Gasteiger partial charge in [0.2, 0.25) is 0 Å². The average molecular weight is 304 g/mol. The van der Waals surface area contributed by atoms with Gasteiger partial charge in [-0.25, -0.2) is 0 Å². The van der Waals surface area contributed by atoms with Crippen LogP contribution in [0.4, 0.5) is 0 Å². The van der Waals surface area contributed by atoms with Gasteiger partial charge in [-0.05, 0) is 39.4 Å². The molecule has 1 saturated carbocycles. The van der Waals surface area contributed by atoms with Crippen molar-refractivity contribution in [3.05, 3.63) is 22.2 Å². The molecule has 2 aliphatic carbocycles. The van der Waals surface area contributed by atoms with E-state index in [0.29, 0.717) is 22.4 Å². The maximum Gasteiger partial charge on any atom is 0.0753 e. The molecule has 2 nitrogen and oxygen atoms in total. The highest BCUT2D eigenvalue weighted by atomic mass is 35.5. The number of halogens is 2. The lowest BCUT2D eigenvalue weighted by Crippen LogP contribution is -2.50. The van der Waals surface area contributed by atoms with Crippen LogP contribution in [0.15, 0.2) is 22.2 Å². The second-order valence-corrected chi connectivity index (χ2v) is 6.98. The van der Waals surface area contributed by atoms with Gasteiger partial charge in [0, 0.05) is 23.4 Å². The van der Waals surface area contributed by atoms with Gasteiger partial charge in [0.15, 0.2) is 0 Å². The summed E-state index contributed by atoms with van der Waals surface area (Å²) in [7, 11) is 4.13. The van der Waals surface area contributed by atoms with E-state index in [-0.39, 0.29) is 5.92 Å². The maximum atomic E-state index is 11.2. The minimum absolute atomic E-state index is 0.0905. The minimum atomic E-state index is -0.642. The lowest BCUT2D eigenvalue weighted by molar-refractivity contribution is -0.0869. The highest BCUT2D eigenvalue weighted by Gasteiger charge is 2.44. The molecule has 1 N–H and O–H groups in total. The number of hydrogen-bond donors (Lipinski definition) is 1. The molecule has 1 fully saturated rings. The second-order valence-electron chi connectivity index (χ2n) is 6.12. The van der Waals surface area contributed by atoms with Crippen LogP contribution in [-0.2, 0) is 0 Å². The topological polar surface area (TPSA) is 23.5 Å². The molecule has 0 spiro atoms. The van der Waals surface area contributed by atoms with Crippen LogP contribution in [0, 0.1) is 11.8 Å². The summed E-state index contributed by atoms with van der Waals surface area (Å²) in [5, 5.41) is 12.5. The van der Waals surface area contributed by atoms with E-state index >= 15 is 0 Å². The Bertz CT molecular complexity index is 392. The number of aliphatic hydroxyl groups is 1. The SMILES string of the molecule is CN(C)C[C@H]1CCCC[C@]1(O)C1C=CC(Cl)=C(Cl)C1. The van der Waals surface area contributed by atoms with Crippen LogP contribution in [0.5, 0.6) is 0 Å². The fourth-order valence-electron chi connectivity index (χ4n) is 3.42. The first-order valence-electron chi connectivity index (χ1n) is 7.03. The van der Waals surface area contributed by atoms with Crippen molar-refractivity contribution in [3.8, 4) is 0 Å². The molecular weight excluding hydrogens is 281 g/mol. The van der Waals surface area contributed by atoms with Crippen molar-refractivity contribution in [2.75, 3.05) is 20.6 Å². The first-order valence-corrected chi connectivity index (χ1v) is 7.78. The van der Waals surface area contributed by atoms with E-state index in [2.05, 4.69) is 19.0 Å². The summed E-state index contributed by atoms with van der Waals surface area (Å²) in [5.74, 6) is 0.403. The monoisotopic (exact) mass is 303 g/mol. The van der Waals surface area contributed by atoms with Gasteiger partial charge >= 0.3 is 0 Å². The van der Waals surface area contributed by atoms with Crippen molar-refractivity contribution in [3.63, 3.8) is 0 Å². The quantitative estimate of drug-likeness (QED) is 0.858. The molecule has 108 valence electrons. The molecule has 0 aromatic carbocycles. The first kappa shape index (κ1) is 15.4. The lowest BCUT2D eigenvalue weighted by atomic mass is 9.66. The van der Waals surface area contributed by atoms with Gasteiger partial charge in [-0.2, -0.15) is 0 Å². The summed E-state index contributed by atoms with van der Waals surface area (Å²) >= 11 is 12.2. The summed E-state index contributed by atoms with van der Waals surface area (Å²) in [6.07, 6.45) is 8.81. The molecule has 0 bridgehead atoms. The van der Waals surface area contributed by atoms with Crippen molar-refractivity contribution in [2.45, 2.75) is 37.7 Å². The summed E-state index contributed by atoms with van der Waals surface area (Å²) < 4.78 is 0. The van der Waals surface area contributed by atoms with E-state index in [1.54, 1.807) is 0 Å². The van der Waals surface area contributed by atoms with E-state index in [4.69, 9.17) is 23.2 Å². The number of nitrogens with zero attached hydrogens (tertiary/aromatic N) is 1. The summed E-state index contributed by atoms with van der Waals surface area (Å²) in [4.78, 5) is 2.16. The Balaban J connectivity index is 2.17. The average Bonchev–Trinajstić information content (AvgIpc) is 2.35. The molecule has 0 aromatic heterocycles. The van der Waals surface area contributed by atoms with Crippen LogP contribution < -0.4 is 0 Å². The molecular formula is C15H23Cl2NO. The maximum absolute atomic E-state index is 11.2. The largest absolute Gasteiger partial charge is 0.389 e. The molecule has 0 aromatic rings. The zero-order chi connectivity index (χ0) is 14.0. The van der Waals surface area contributed by atoms with Crippen LogP contribution in [0.2, 0.25) is 0 Å². The van der Waals surface area contributed by atoms with E-state index in [0.717, 1.165) is 25.8 Å². The molecule has 0 radical (unpaired) electrons. The molecule has 3 atom stereocenters. The van der Waals surface area contributed by atoms with E-state index in [9.17, 15) is 5.11 Å². The fraction of sp³-hybridized carbons (Fsp3) is 0.733. The number of allylic oxidation sites excluding steroid dienone is 3. The molecule has 2 rings (SSSR count). The molecule has 19 heavy (non-hydrogen) atoms. The zero-order valence-corrected chi connectivity index (χ0v) is 13.2. The normalized spacial score (nSPS) is 36.1. The van der Waals surface area contributed by atoms with Crippen LogP contribution in [0.25, 0.3) is 0 Å². The summed E-state index contributed by atoms with van der Waals surface area (Å²) in [6.45, 7) is 0.926. The second kappa shape index (κ2) is 6.17. The van der Waals surface area contributed by atoms with Crippen molar-refractivity contribution < 1.29 is 5.11 Å². The van der Waals surface area contributed by atoms with Gasteiger partial charge in [-0.3, -0.25) is 0 Å². The van der Waals surface area contributed by atoms with Gasteiger partial charge in [0.25, 0.3) is 0 Å². The van der Waals surface area contributed by atoms with Crippen molar-refractivity contribution in [2.24, 2.45) is 11.8 Å². The standard InChI is InChI=1S/C15H23Cl2NO/c1-18(2)10-12-5-3-4-8-15(12,19)11-6-7-13(16)14(17)9-11/h6-7,11-12,19H,3-5,8-10H2,1-2H3/t11?,12-,15+/m1/s1. The number of rotatable bonds is 3. The van der Waals surface area contributed by atoms with Gasteiger partial charge in [-0.15, -0.1) is 0 Å². The summed E-state index contributed by atoms with van der Waals surface area (Å²) in [5.41, 5.74) is -0.642. The fourth-order valence-corrected chi connectivity index (χ4v) is 3.80. The van der Waals surface area contributed by atoms with E-state index in [1.165, 1.54) is 6.42 Å². The molecule has 0 heterocycles. The van der Waals surface area contributed by atoms with Crippen molar-refractivity contribution >= 4 is 23.2 Å². The molecule has 1 unspecified atom stereocenters. The lowest BCUT2D eigenvalue weighted by Gasteiger charge is -2.46. The summed E-state index contributed by atoms with van der Waals surface area (Å²) in [6, 6.07) is 0. The van der Waals surface area contributed by atoms with Gasteiger partial charge in [-0.1, -0.05) is 42.1 Å². The Hall–Kier alpha value is -0.0200. The molecule has 0 amide bonds.